The van der Waals surface area contributed by atoms with Crippen LogP contribution in [0.25, 0.3) is 0 Å². The molecule has 2 atom stereocenters. The topological polar surface area (TPSA) is 61.9 Å². The minimum atomic E-state index is -0.197. The Bertz CT molecular complexity index is 356. The number of ether oxygens (including phenoxy) is 1. The van der Waals surface area contributed by atoms with Crippen LogP contribution in [0.4, 0.5) is 0 Å². The Morgan fingerprint density at radius 2 is 1.95 bits per heavy atom. The van der Waals surface area contributed by atoms with Crippen LogP contribution < -0.4 is 5.32 Å². The smallest absolute Gasteiger partial charge is 0.310 e. The summed E-state index contributed by atoms with van der Waals surface area (Å²) in [6.45, 7) is 6.90. The van der Waals surface area contributed by atoms with Crippen LogP contribution in [0, 0.1) is 5.92 Å². The molecule has 1 amide bonds. The summed E-state index contributed by atoms with van der Waals surface area (Å²) in [5.41, 5.74) is 0. The Morgan fingerprint density at radius 3 is 2.60 bits per heavy atom. The minimum Gasteiger partial charge on any atom is -0.469 e. The van der Waals surface area contributed by atoms with E-state index in [2.05, 4.69) is 10.2 Å². The molecule has 2 unspecified atom stereocenters. The van der Waals surface area contributed by atoms with Gasteiger partial charge >= 0.3 is 5.97 Å². The normalized spacial score (nSPS) is 26.1. The van der Waals surface area contributed by atoms with Crippen molar-refractivity contribution in [1.82, 2.24) is 15.1 Å². The number of likely N-dealkylation sites (tertiary alicyclic amines) is 1. The lowest BCUT2D eigenvalue weighted by atomic mass is 9.97. The van der Waals surface area contributed by atoms with Gasteiger partial charge in [-0.3, -0.25) is 14.5 Å². The first-order valence-electron chi connectivity index (χ1n) is 7.45. The van der Waals surface area contributed by atoms with E-state index in [-0.39, 0.29) is 23.8 Å². The van der Waals surface area contributed by atoms with Crippen LogP contribution in [-0.2, 0) is 14.3 Å². The van der Waals surface area contributed by atoms with Gasteiger partial charge in [-0.2, -0.15) is 0 Å². The van der Waals surface area contributed by atoms with Crippen molar-refractivity contribution in [2.75, 3.05) is 46.4 Å². The summed E-state index contributed by atoms with van der Waals surface area (Å²) in [7, 11) is 1.41. The number of piperidine rings is 1. The fourth-order valence-electron chi connectivity index (χ4n) is 3.03. The van der Waals surface area contributed by atoms with Gasteiger partial charge in [-0.15, -0.1) is 0 Å². The van der Waals surface area contributed by atoms with Crippen molar-refractivity contribution in [1.29, 1.82) is 0 Å². The second-order valence-electron chi connectivity index (χ2n) is 5.61. The second kappa shape index (κ2) is 7.04. The first-order valence-corrected chi connectivity index (χ1v) is 7.45. The Kier molecular flexibility index (Phi) is 5.37. The third-order valence-electron chi connectivity index (χ3n) is 4.32. The highest BCUT2D eigenvalue weighted by Gasteiger charge is 2.32. The Balaban J connectivity index is 1.92. The molecule has 0 saturated carbocycles. The summed E-state index contributed by atoms with van der Waals surface area (Å²) in [6.07, 6.45) is 1.69. The van der Waals surface area contributed by atoms with E-state index in [1.807, 2.05) is 11.8 Å². The highest BCUT2D eigenvalue weighted by atomic mass is 16.5. The van der Waals surface area contributed by atoms with Crippen molar-refractivity contribution >= 4 is 11.9 Å². The molecule has 0 spiro atoms. The van der Waals surface area contributed by atoms with Crippen molar-refractivity contribution in [2.45, 2.75) is 25.8 Å². The maximum atomic E-state index is 12.6. The summed E-state index contributed by atoms with van der Waals surface area (Å²) < 4.78 is 4.80. The summed E-state index contributed by atoms with van der Waals surface area (Å²) in [4.78, 5) is 28.2. The molecule has 0 aromatic rings. The Morgan fingerprint density at radius 1 is 1.25 bits per heavy atom. The molecule has 2 fully saturated rings. The molecule has 6 heteroatoms. The zero-order valence-corrected chi connectivity index (χ0v) is 12.4. The average molecular weight is 283 g/mol. The van der Waals surface area contributed by atoms with E-state index in [1.54, 1.807) is 0 Å². The summed E-state index contributed by atoms with van der Waals surface area (Å²) in [6, 6.07) is -0.103. The molecule has 20 heavy (non-hydrogen) atoms. The molecular weight excluding hydrogens is 258 g/mol. The van der Waals surface area contributed by atoms with Gasteiger partial charge in [0.2, 0.25) is 5.91 Å². The molecule has 114 valence electrons. The average Bonchev–Trinajstić information content (AvgIpc) is 2.53. The van der Waals surface area contributed by atoms with Crippen LogP contribution in [0.3, 0.4) is 0 Å². The van der Waals surface area contributed by atoms with E-state index >= 15 is 0 Å². The van der Waals surface area contributed by atoms with E-state index in [0.717, 1.165) is 45.6 Å². The quantitative estimate of drug-likeness (QED) is 0.720. The van der Waals surface area contributed by atoms with Gasteiger partial charge in [-0.05, 0) is 19.8 Å². The van der Waals surface area contributed by atoms with E-state index in [4.69, 9.17) is 4.74 Å². The van der Waals surface area contributed by atoms with Crippen LogP contribution in [0.2, 0.25) is 0 Å². The largest absolute Gasteiger partial charge is 0.469 e. The lowest BCUT2D eigenvalue weighted by Gasteiger charge is -2.37. The molecule has 0 aliphatic carbocycles. The molecule has 2 aliphatic heterocycles. The van der Waals surface area contributed by atoms with Crippen molar-refractivity contribution in [2.24, 2.45) is 5.92 Å². The fourth-order valence-corrected chi connectivity index (χ4v) is 3.03. The number of carbonyl (C=O) groups is 2. The summed E-state index contributed by atoms with van der Waals surface area (Å²) >= 11 is 0. The van der Waals surface area contributed by atoms with Crippen LogP contribution >= 0.6 is 0 Å². The van der Waals surface area contributed by atoms with Gasteiger partial charge in [0, 0.05) is 39.3 Å². The highest BCUT2D eigenvalue weighted by Crippen LogP contribution is 2.19. The van der Waals surface area contributed by atoms with Gasteiger partial charge < -0.3 is 15.0 Å². The number of rotatable bonds is 3. The van der Waals surface area contributed by atoms with Crippen molar-refractivity contribution in [3.05, 3.63) is 0 Å². The van der Waals surface area contributed by atoms with E-state index < -0.39 is 0 Å². The van der Waals surface area contributed by atoms with Crippen LogP contribution in [0.1, 0.15) is 19.8 Å². The fraction of sp³-hybridized carbons (Fsp3) is 0.857. The minimum absolute atomic E-state index is 0.103. The zero-order valence-electron chi connectivity index (χ0n) is 12.4. The number of hydrogen-bond acceptors (Lipinski definition) is 5. The number of amides is 1. The van der Waals surface area contributed by atoms with Gasteiger partial charge in [0.25, 0.3) is 0 Å². The standard InChI is InChI=1S/C14H25N3O3/c1-11(16-8-5-15-6-9-16)13(18)17-7-3-4-12(10-17)14(19)20-2/h11-12,15H,3-10H2,1-2H3. The summed E-state index contributed by atoms with van der Waals surface area (Å²) in [5, 5.41) is 3.29. The number of esters is 1. The first-order chi connectivity index (χ1) is 9.63. The molecule has 2 aliphatic rings. The molecular formula is C14H25N3O3. The second-order valence-corrected chi connectivity index (χ2v) is 5.61. The lowest BCUT2D eigenvalue weighted by molar-refractivity contribution is -0.150. The van der Waals surface area contributed by atoms with Crippen LogP contribution in [0.15, 0.2) is 0 Å². The van der Waals surface area contributed by atoms with Crippen molar-refractivity contribution < 1.29 is 14.3 Å². The van der Waals surface area contributed by atoms with E-state index in [9.17, 15) is 9.59 Å². The number of nitrogens with zero attached hydrogens (tertiary/aromatic N) is 2. The maximum Gasteiger partial charge on any atom is 0.310 e. The molecule has 2 heterocycles. The highest BCUT2D eigenvalue weighted by molar-refractivity contribution is 5.82. The molecule has 6 nitrogen and oxygen atoms in total. The lowest BCUT2D eigenvalue weighted by Crippen LogP contribution is -2.55. The molecule has 2 saturated heterocycles. The molecule has 1 N–H and O–H groups in total. The Hall–Kier alpha value is -1.14. The number of nitrogens with one attached hydrogen (secondary N) is 1. The monoisotopic (exact) mass is 283 g/mol. The predicted molar refractivity (Wildman–Crippen MR) is 75.2 cm³/mol. The number of piperazine rings is 1. The van der Waals surface area contributed by atoms with Crippen LogP contribution in [0.5, 0.6) is 0 Å². The Labute approximate surface area is 120 Å². The van der Waals surface area contributed by atoms with Gasteiger partial charge in [0.05, 0.1) is 19.1 Å². The third kappa shape index (κ3) is 3.49. The number of carbonyl (C=O) groups excluding carboxylic acids is 2. The molecule has 0 aromatic heterocycles. The van der Waals surface area contributed by atoms with Gasteiger partial charge in [-0.1, -0.05) is 0 Å². The molecule has 0 aromatic carbocycles. The maximum absolute atomic E-state index is 12.6. The van der Waals surface area contributed by atoms with Gasteiger partial charge in [0.15, 0.2) is 0 Å². The van der Waals surface area contributed by atoms with Gasteiger partial charge in [-0.25, -0.2) is 0 Å². The van der Waals surface area contributed by atoms with Crippen molar-refractivity contribution in [3.8, 4) is 0 Å². The van der Waals surface area contributed by atoms with Crippen LogP contribution in [-0.4, -0.2) is 74.1 Å². The zero-order chi connectivity index (χ0) is 14.5. The molecule has 0 bridgehead atoms. The summed E-state index contributed by atoms with van der Waals surface area (Å²) in [5.74, 6) is -0.217. The van der Waals surface area contributed by atoms with Crippen molar-refractivity contribution in [3.63, 3.8) is 0 Å². The number of methoxy groups -OCH3 is 1. The molecule has 0 radical (unpaired) electrons. The third-order valence-corrected chi connectivity index (χ3v) is 4.32. The first kappa shape index (κ1) is 15.3. The molecule has 2 rings (SSSR count). The SMILES string of the molecule is COC(=O)C1CCCN(C(=O)C(C)N2CCNCC2)C1. The number of hydrogen-bond donors (Lipinski definition) is 1. The van der Waals surface area contributed by atoms with E-state index in [1.165, 1.54) is 7.11 Å². The van der Waals surface area contributed by atoms with E-state index in [0.29, 0.717) is 6.54 Å². The van der Waals surface area contributed by atoms with Gasteiger partial charge in [0.1, 0.15) is 0 Å². The predicted octanol–water partition coefficient (Wildman–Crippen LogP) is -0.308.